The SMILES string of the molecule is CCCC(C)COc1nccc(C)c1N. The van der Waals surface area contributed by atoms with Crippen LogP contribution in [0.5, 0.6) is 5.88 Å². The summed E-state index contributed by atoms with van der Waals surface area (Å²) >= 11 is 0. The summed E-state index contributed by atoms with van der Waals surface area (Å²) in [7, 11) is 0. The van der Waals surface area contributed by atoms with E-state index >= 15 is 0 Å². The van der Waals surface area contributed by atoms with Crippen molar-refractivity contribution in [2.24, 2.45) is 5.92 Å². The smallest absolute Gasteiger partial charge is 0.237 e. The molecule has 0 aromatic carbocycles. The van der Waals surface area contributed by atoms with Crippen molar-refractivity contribution >= 4 is 5.69 Å². The van der Waals surface area contributed by atoms with Gasteiger partial charge in [0.05, 0.1) is 12.3 Å². The average Bonchev–Trinajstić information content (AvgIpc) is 2.21. The van der Waals surface area contributed by atoms with E-state index in [1.54, 1.807) is 6.20 Å². The van der Waals surface area contributed by atoms with E-state index in [0.29, 0.717) is 24.1 Å². The topological polar surface area (TPSA) is 48.1 Å². The Morgan fingerprint density at radius 2 is 2.27 bits per heavy atom. The molecule has 1 aromatic heterocycles. The first-order valence-electron chi connectivity index (χ1n) is 5.49. The van der Waals surface area contributed by atoms with E-state index in [1.807, 2.05) is 13.0 Å². The third kappa shape index (κ3) is 3.42. The number of hydrogen-bond donors (Lipinski definition) is 1. The molecule has 1 unspecified atom stereocenters. The normalized spacial score (nSPS) is 12.5. The van der Waals surface area contributed by atoms with E-state index in [1.165, 1.54) is 12.8 Å². The summed E-state index contributed by atoms with van der Waals surface area (Å²) < 4.78 is 5.60. The minimum atomic E-state index is 0.553. The van der Waals surface area contributed by atoms with Crippen LogP contribution in [-0.4, -0.2) is 11.6 Å². The molecule has 3 nitrogen and oxygen atoms in total. The number of anilines is 1. The third-order valence-corrected chi connectivity index (χ3v) is 2.46. The number of pyridine rings is 1. The lowest BCUT2D eigenvalue weighted by Crippen LogP contribution is -2.10. The van der Waals surface area contributed by atoms with Crippen molar-refractivity contribution < 1.29 is 4.74 Å². The molecule has 0 saturated carbocycles. The average molecular weight is 208 g/mol. The summed E-state index contributed by atoms with van der Waals surface area (Å²) in [5.74, 6) is 1.12. The van der Waals surface area contributed by atoms with Gasteiger partial charge < -0.3 is 10.5 Å². The van der Waals surface area contributed by atoms with Crippen LogP contribution in [0.1, 0.15) is 32.3 Å². The zero-order valence-corrected chi connectivity index (χ0v) is 9.79. The Hall–Kier alpha value is -1.25. The maximum atomic E-state index is 5.86. The lowest BCUT2D eigenvalue weighted by atomic mass is 10.1. The summed E-state index contributed by atoms with van der Waals surface area (Å²) in [6.07, 6.45) is 4.08. The van der Waals surface area contributed by atoms with Gasteiger partial charge in [-0.05, 0) is 30.9 Å². The lowest BCUT2D eigenvalue weighted by molar-refractivity contribution is 0.244. The Kier molecular flexibility index (Phi) is 4.40. The van der Waals surface area contributed by atoms with Gasteiger partial charge in [-0.15, -0.1) is 0 Å². The number of nitrogen functional groups attached to an aromatic ring is 1. The van der Waals surface area contributed by atoms with E-state index < -0.39 is 0 Å². The fourth-order valence-electron chi connectivity index (χ4n) is 1.46. The van der Waals surface area contributed by atoms with Gasteiger partial charge in [0.15, 0.2) is 0 Å². The van der Waals surface area contributed by atoms with Crippen LogP contribution in [0.2, 0.25) is 0 Å². The highest BCUT2D eigenvalue weighted by molar-refractivity contribution is 5.53. The van der Waals surface area contributed by atoms with Crippen LogP contribution in [0.25, 0.3) is 0 Å². The fourth-order valence-corrected chi connectivity index (χ4v) is 1.46. The standard InChI is InChI=1S/C12H20N2O/c1-4-5-9(2)8-15-12-11(13)10(3)6-7-14-12/h6-7,9H,4-5,8,13H2,1-3H3. The highest BCUT2D eigenvalue weighted by Crippen LogP contribution is 2.22. The molecule has 1 heterocycles. The Bertz CT molecular complexity index is 312. The summed E-state index contributed by atoms with van der Waals surface area (Å²) in [4.78, 5) is 4.12. The number of nitrogens with two attached hydrogens (primary N) is 1. The molecule has 0 aliphatic rings. The van der Waals surface area contributed by atoms with Crippen molar-refractivity contribution in [1.82, 2.24) is 4.98 Å². The molecule has 0 amide bonds. The first-order valence-corrected chi connectivity index (χ1v) is 5.49. The molecule has 0 aliphatic carbocycles. The van der Waals surface area contributed by atoms with Gasteiger partial charge in [0.25, 0.3) is 0 Å². The Morgan fingerprint density at radius 3 is 2.93 bits per heavy atom. The van der Waals surface area contributed by atoms with Crippen molar-refractivity contribution in [1.29, 1.82) is 0 Å². The summed E-state index contributed by atoms with van der Waals surface area (Å²) in [5.41, 5.74) is 7.53. The molecule has 3 heteroatoms. The Labute approximate surface area is 91.7 Å². The van der Waals surface area contributed by atoms with Gasteiger partial charge in [0.2, 0.25) is 5.88 Å². The van der Waals surface area contributed by atoms with Crippen molar-refractivity contribution in [2.45, 2.75) is 33.6 Å². The number of ether oxygens (including phenoxy) is 1. The van der Waals surface area contributed by atoms with E-state index in [2.05, 4.69) is 18.8 Å². The molecule has 0 spiro atoms. The largest absolute Gasteiger partial charge is 0.476 e. The summed E-state index contributed by atoms with van der Waals surface area (Å²) in [6, 6.07) is 1.89. The van der Waals surface area contributed by atoms with Gasteiger partial charge in [-0.2, -0.15) is 0 Å². The first kappa shape index (κ1) is 11.8. The van der Waals surface area contributed by atoms with Gasteiger partial charge in [-0.1, -0.05) is 20.3 Å². The van der Waals surface area contributed by atoms with E-state index in [-0.39, 0.29) is 0 Å². The number of aromatic nitrogens is 1. The molecule has 0 fully saturated rings. The Balaban J connectivity index is 2.54. The molecule has 1 aromatic rings. The minimum absolute atomic E-state index is 0.553. The molecule has 0 bridgehead atoms. The number of hydrogen-bond acceptors (Lipinski definition) is 3. The van der Waals surface area contributed by atoms with Crippen molar-refractivity contribution in [3.05, 3.63) is 17.8 Å². The van der Waals surface area contributed by atoms with Gasteiger partial charge >= 0.3 is 0 Å². The van der Waals surface area contributed by atoms with Crippen molar-refractivity contribution in [3.8, 4) is 5.88 Å². The monoisotopic (exact) mass is 208 g/mol. The predicted octanol–water partition coefficient (Wildman–Crippen LogP) is 2.79. The second kappa shape index (κ2) is 5.59. The van der Waals surface area contributed by atoms with Crippen LogP contribution in [-0.2, 0) is 0 Å². The molecule has 15 heavy (non-hydrogen) atoms. The Morgan fingerprint density at radius 1 is 1.53 bits per heavy atom. The number of nitrogens with zero attached hydrogens (tertiary/aromatic N) is 1. The first-order chi connectivity index (χ1) is 7.15. The molecular formula is C12H20N2O. The van der Waals surface area contributed by atoms with Crippen molar-refractivity contribution in [3.63, 3.8) is 0 Å². The van der Waals surface area contributed by atoms with Gasteiger partial charge in [-0.3, -0.25) is 0 Å². The maximum absolute atomic E-state index is 5.86. The fraction of sp³-hybridized carbons (Fsp3) is 0.583. The molecule has 0 saturated heterocycles. The zero-order chi connectivity index (χ0) is 11.3. The van der Waals surface area contributed by atoms with E-state index in [9.17, 15) is 0 Å². The van der Waals surface area contributed by atoms with Gasteiger partial charge in [0, 0.05) is 6.20 Å². The summed E-state index contributed by atoms with van der Waals surface area (Å²) in [6.45, 7) is 7.00. The molecule has 0 aliphatic heterocycles. The molecule has 1 rings (SSSR count). The molecule has 84 valence electrons. The van der Waals surface area contributed by atoms with Crippen LogP contribution in [0, 0.1) is 12.8 Å². The van der Waals surface area contributed by atoms with E-state index in [0.717, 1.165) is 5.56 Å². The summed E-state index contributed by atoms with van der Waals surface area (Å²) in [5, 5.41) is 0. The van der Waals surface area contributed by atoms with Crippen LogP contribution in [0.15, 0.2) is 12.3 Å². The molecule has 1 atom stereocenters. The number of rotatable bonds is 5. The van der Waals surface area contributed by atoms with Crippen molar-refractivity contribution in [2.75, 3.05) is 12.3 Å². The predicted molar refractivity (Wildman–Crippen MR) is 63.0 cm³/mol. The zero-order valence-electron chi connectivity index (χ0n) is 9.79. The number of aryl methyl sites for hydroxylation is 1. The highest BCUT2D eigenvalue weighted by atomic mass is 16.5. The quantitative estimate of drug-likeness (QED) is 0.809. The molecule has 2 N–H and O–H groups in total. The lowest BCUT2D eigenvalue weighted by Gasteiger charge is -2.13. The molecular weight excluding hydrogens is 188 g/mol. The minimum Gasteiger partial charge on any atom is -0.476 e. The maximum Gasteiger partial charge on any atom is 0.237 e. The highest BCUT2D eigenvalue weighted by Gasteiger charge is 2.06. The second-order valence-electron chi connectivity index (χ2n) is 4.05. The van der Waals surface area contributed by atoms with Crippen LogP contribution in [0.4, 0.5) is 5.69 Å². The van der Waals surface area contributed by atoms with Crippen LogP contribution in [0.3, 0.4) is 0 Å². The van der Waals surface area contributed by atoms with E-state index in [4.69, 9.17) is 10.5 Å². The van der Waals surface area contributed by atoms with Gasteiger partial charge in [0.1, 0.15) is 0 Å². The van der Waals surface area contributed by atoms with Crippen LogP contribution < -0.4 is 10.5 Å². The third-order valence-electron chi connectivity index (χ3n) is 2.46. The van der Waals surface area contributed by atoms with Crippen LogP contribution >= 0.6 is 0 Å². The second-order valence-corrected chi connectivity index (χ2v) is 4.05. The molecule has 0 radical (unpaired) electrons. The van der Waals surface area contributed by atoms with Gasteiger partial charge in [-0.25, -0.2) is 4.98 Å².